The van der Waals surface area contributed by atoms with Crippen LogP contribution in [0.3, 0.4) is 0 Å². The van der Waals surface area contributed by atoms with Crippen molar-refractivity contribution in [1.82, 2.24) is 10.2 Å². The summed E-state index contributed by atoms with van der Waals surface area (Å²) in [4.78, 5) is 4.53. The van der Waals surface area contributed by atoms with Crippen molar-refractivity contribution < 1.29 is 4.84 Å². The van der Waals surface area contributed by atoms with Crippen LogP contribution >= 0.6 is 11.3 Å². The van der Waals surface area contributed by atoms with Gasteiger partial charge in [0.25, 0.3) is 0 Å². The van der Waals surface area contributed by atoms with Gasteiger partial charge in [-0.05, 0) is 5.56 Å². The Morgan fingerprint density at radius 1 is 1.29 bits per heavy atom. The van der Waals surface area contributed by atoms with E-state index in [-0.39, 0.29) is 0 Å². The van der Waals surface area contributed by atoms with E-state index in [2.05, 4.69) is 15.0 Å². The van der Waals surface area contributed by atoms with E-state index in [9.17, 15) is 0 Å². The Kier molecular flexibility index (Phi) is 2.83. The van der Waals surface area contributed by atoms with E-state index < -0.39 is 0 Å². The second-order valence-electron chi connectivity index (χ2n) is 2.75. The highest BCUT2D eigenvalue weighted by Gasteiger charge is 2.00. The highest BCUT2D eigenvalue weighted by atomic mass is 32.1. The Labute approximate surface area is 85.3 Å². The van der Waals surface area contributed by atoms with Crippen LogP contribution in [-0.4, -0.2) is 10.2 Å². The van der Waals surface area contributed by atoms with Crippen molar-refractivity contribution in [3.63, 3.8) is 0 Å². The van der Waals surface area contributed by atoms with Gasteiger partial charge in [-0.1, -0.05) is 35.6 Å². The predicted molar refractivity (Wildman–Crippen MR) is 54.3 cm³/mol. The standard InChI is InChI=1S/C9H9N3OS/c10-13-5-7-1-3-8(4-2-7)9-12-11-6-14-9/h1-4,6H,5,10H2. The Bertz CT molecular complexity index is 385. The molecular formula is C9H9N3OS. The van der Waals surface area contributed by atoms with Crippen molar-refractivity contribution in [3.05, 3.63) is 35.3 Å². The SMILES string of the molecule is NOCc1ccc(-c2nncs2)cc1. The summed E-state index contributed by atoms with van der Waals surface area (Å²) in [5.74, 6) is 4.97. The lowest BCUT2D eigenvalue weighted by Crippen LogP contribution is -1.98. The second kappa shape index (κ2) is 4.28. The van der Waals surface area contributed by atoms with Crippen LogP contribution in [-0.2, 0) is 11.4 Å². The number of nitrogens with zero attached hydrogens (tertiary/aromatic N) is 2. The highest BCUT2D eigenvalue weighted by molar-refractivity contribution is 7.12. The van der Waals surface area contributed by atoms with Gasteiger partial charge in [0.2, 0.25) is 0 Å². The minimum absolute atomic E-state index is 0.427. The molecule has 0 radical (unpaired) electrons. The summed E-state index contributed by atoms with van der Waals surface area (Å²) in [7, 11) is 0. The maximum Gasteiger partial charge on any atom is 0.147 e. The molecule has 0 amide bonds. The average Bonchev–Trinajstić information content (AvgIpc) is 2.72. The van der Waals surface area contributed by atoms with Crippen LogP contribution in [0.4, 0.5) is 0 Å². The van der Waals surface area contributed by atoms with Gasteiger partial charge in [0.05, 0.1) is 6.61 Å². The summed E-state index contributed by atoms with van der Waals surface area (Å²) in [6.45, 7) is 0.427. The Morgan fingerprint density at radius 3 is 2.64 bits per heavy atom. The van der Waals surface area contributed by atoms with Gasteiger partial charge in [-0.15, -0.1) is 10.2 Å². The van der Waals surface area contributed by atoms with Gasteiger partial charge in [-0.3, -0.25) is 4.84 Å². The lowest BCUT2D eigenvalue weighted by Gasteiger charge is -1.99. The zero-order valence-corrected chi connectivity index (χ0v) is 8.20. The van der Waals surface area contributed by atoms with E-state index in [1.54, 1.807) is 5.51 Å². The molecule has 2 aromatic rings. The molecule has 0 bridgehead atoms. The van der Waals surface area contributed by atoms with Gasteiger partial charge < -0.3 is 0 Å². The zero-order valence-electron chi connectivity index (χ0n) is 7.38. The fraction of sp³-hybridized carbons (Fsp3) is 0.111. The highest BCUT2D eigenvalue weighted by Crippen LogP contribution is 2.20. The van der Waals surface area contributed by atoms with E-state index in [1.165, 1.54) is 11.3 Å². The van der Waals surface area contributed by atoms with E-state index in [0.29, 0.717) is 6.61 Å². The van der Waals surface area contributed by atoms with Crippen molar-refractivity contribution in [1.29, 1.82) is 0 Å². The Morgan fingerprint density at radius 2 is 2.07 bits per heavy atom. The van der Waals surface area contributed by atoms with Crippen molar-refractivity contribution in [2.75, 3.05) is 0 Å². The molecule has 0 aliphatic heterocycles. The first kappa shape index (κ1) is 9.26. The number of nitrogens with two attached hydrogens (primary N) is 1. The molecular weight excluding hydrogens is 198 g/mol. The van der Waals surface area contributed by atoms with Crippen molar-refractivity contribution in [2.45, 2.75) is 6.61 Å². The first-order valence-electron chi connectivity index (χ1n) is 4.07. The third-order valence-corrected chi connectivity index (χ3v) is 2.55. The molecule has 1 aromatic carbocycles. The molecule has 0 saturated heterocycles. The van der Waals surface area contributed by atoms with E-state index in [1.807, 2.05) is 24.3 Å². The first-order valence-corrected chi connectivity index (χ1v) is 4.95. The molecule has 0 fully saturated rings. The van der Waals surface area contributed by atoms with Crippen molar-refractivity contribution >= 4 is 11.3 Å². The number of aromatic nitrogens is 2. The summed E-state index contributed by atoms with van der Waals surface area (Å²) in [6.07, 6.45) is 0. The smallest absolute Gasteiger partial charge is 0.147 e. The van der Waals surface area contributed by atoms with Crippen LogP contribution in [0.5, 0.6) is 0 Å². The molecule has 14 heavy (non-hydrogen) atoms. The van der Waals surface area contributed by atoms with Gasteiger partial charge in [0.1, 0.15) is 10.5 Å². The minimum Gasteiger partial charge on any atom is -0.300 e. The van der Waals surface area contributed by atoms with Gasteiger partial charge in [0.15, 0.2) is 0 Å². The van der Waals surface area contributed by atoms with E-state index in [4.69, 9.17) is 5.90 Å². The summed E-state index contributed by atoms with van der Waals surface area (Å²) in [6, 6.07) is 7.89. The third kappa shape index (κ3) is 1.95. The number of rotatable bonds is 3. The number of hydrogen-bond donors (Lipinski definition) is 1. The quantitative estimate of drug-likeness (QED) is 0.776. The van der Waals surface area contributed by atoms with Gasteiger partial charge >= 0.3 is 0 Å². The minimum atomic E-state index is 0.427. The fourth-order valence-corrected chi connectivity index (χ4v) is 1.70. The second-order valence-corrected chi connectivity index (χ2v) is 3.59. The molecule has 2 N–H and O–H groups in total. The largest absolute Gasteiger partial charge is 0.300 e. The van der Waals surface area contributed by atoms with Gasteiger partial charge in [-0.2, -0.15) is 0 Å². The van der Waals surface area contributed by atoms with Crippen LogP contribution in [0.1, 0.15) is 5.56 Å². The molecule has 1 aromatic heterocycles. The monoisotopic (exact) mass is 207 g/mol. The van der Waals surface area contributed by atoms with Gasteiger partial charge in [0, 0.05) is 5.56 Å². The molecule has 5 heteroatoms. The normalized spacial score (nSPS) is 10.4. The summed E-state index contributed by atoms with van der Waals surface area (Å²) >= 11 is 1.52. The average molecular weight is 207 g/mol. The van der Waals surface area contributed by atoms with Crippen molar-refractivity contribution in [2.24, 2.45) is 5.90 Å². The molecule has 0 saturated carbocycles. The summed E-state index contributed by atoms with van der Waals surface area (Å²) in [5.41, 5.74) is 3.82. The number of benzene rings is 1. The molecule has 1 heterocycles. The topological polar surface area (TPSA) is 61.0 Å². The fourth-order valence-electron chi connectivity index (χ4n) is 1.14. The molecule has 0 aliphatic carbocycles. The van der Waals surface area contributed by atoms with E-state index in [0.717, 1.165) is 16.1 Å². The zero-order chi connectivity index (χ0) is 9.80. The van der Waals surface area contributed by atoms with Crippen LogP contribution < -0.4 is 5.90 Å². The molecule has 0 spiro atoms. The molecule has 4 nitrogen and oxygen atoms in total. The van der Waals surface area contributed by atoms with Crippen LogP contribution in [0.2, 0.25) is 0 Å². The Hall–Kier alpha value is -1.30. The predicted octanol–water partition coefficient (Wildman–Crippen LogP) is 1.60. The van der Waals surface area contributed by atoms with Gasteiger partial charge in [-0.25, -0.2) is 5.90 Å². The maximum absolute atomic E-state index is 4.97. The first-order chi connectivity index (χ1) is 6.90. The van der Waals surface area contributed by atoms with Crippen LogP contribution in [0.15, 0.2) is 29.8 Å². The molecule has 72 valence electrons. The maximum atomic E-state index is 4.97. The van der Waals surface area contributed by atoms with E-state index >= 15 is 0 Å². The van der Waals surface area contributed by atoms with Crippen LogP contribution in [0.25, 0.3) is 10.6 Å². The molecule has 0 atom stereocenters. The number of hydrogen-bond acceptors (Lipinski definition) is 5. The molecule has 0 aliphatic rings. The Balaban J connectivity index is 2.22. The summed E-state index contributed by atoms with van der Waals surface area (Å²) < 4.78 is 0. The summed E-state index contributed by atoms with van der Waals surface area (Å²) in [5, 5.41) is 8.68. The third-order valence-electron chi connectivity index (χ3n) is 1.81. The molecule has 2 rings (SSSR count). The molecule has 0 unspecified atom stereocenters. The lowest BCUT2D eigenvalue weighted by molar-refractivity contribution is 0.124. The lowest BCUT2D eigenvalue weighted by atomic mass is 10.1. The van der Waals surface area contributed by atoms with Crippen LogP contribution in [0, 0.1) is 0 Å². The van der Waals surface area contributed by atoms with Crippen molar-refractivity contribution in [3.8, 4) is 10.6 Å².